The van der Waals surface area contributed by atoms with Gasteiger partial charge in [0.1, 0.15) is 5.82 Å². The highest BCUT2D eigenvalue weighted by Gasteiger charge is 2.15. The summed E-state index contributed by atoms with van der Waals surface area (Å²) >= 11 is 0. The largest absolute Gasteiger partial charge is 0.278 e. The molecule has 0 amide bonds. The van der Waals surface area contributed by atoms with Crippen molar-refractivity contribution in [2.45, 2.75) is 26.2 Å². The van der Waals surface area contributed by atoms with E-state index in [4.69, 9.17) is 4.98 Å². The van der Waals surface area contributed by atoms with Gasteiger partial charge in [-0.15, -0.1) is 0 Å². The van der Waals surface area contributed by atoms with E-state index in [0.717, 1.165) is 28.6 Å². The first-order valence-electron chi connectivity index (χ1n) is 10.2. The van der Waals surface area contributed by atoms with E-state index < -0.39 is 0 Å². The first-order chi connectivity index (χ1) is 14.7. The van der Waals surface area contributed by atoms with Gasteiger partial charge in [-0.25, -0.2) is 4.98 Å². The number of para-hydroxylation sites is 1. The molecule has 1 N–H and O–H groups in total. The first-order valence-corrected chi connectivity index (χ1v) is 10.2. The molecule has 30 heavy (non-hydrogen) atoms. The number of hydrogen-bond donors (Lipinski definition) is 1. The second-order valence-corrected chi connectivity index (χ2v) is 7.67. The molecule has 0 aliphatic carbocycles. The first kappa shape index (κ1) is 18.3. The normalized spacial score (nSPS) is 12.5. The summed E-state index contributed by atoms with van der Waals surface area (Å²) in [5.41, 5.74) is 4.53. The number of fused-ring (bicyclic) bond motifs is 2. The second kappa shape index (κ2) is 7.26. The molecule has 0 aliphatic rings. The number of benzene rings is 3. The topological polar surface area (TPSA) is 63.6 Å². The molecule has 3 aromatic carbocycles. The number of nitrogens with zero attached hydrogens (tertiary/aromatic N) is 3. The Kier molecular flexibility index (Phi) is 4.43. The van der Waals surface area contributed by atoms with Crippen LogP contribution < -0.4 is 5.56 Å². The number of nitrogens with one attached hydrogen (secondary N) is 1. The minimum atomic E-state index is -0.0702. The van der Waals surface area contributed by atoms with Crippen molar-refractivity contribution in [2.24, 2.45) is 0 Å². The molecule has 0 spiro atoms. The zero-order valence-electron chi connectivity index (χ0n) is 17.0. The van der Waals surface area contributed by atoms with Crippen molar-refractivity contribution in [1.29, 1.82) is 0 Å². The lowest BCUT2D eigenvalue weighted by atomic mass is 9.98. The van der Waals surface area contributed by atoms with Gasteiger partial charge < -0.3 is 0 Å². The lowest BCUT2D eigenvalue weighted by Gasteiger charge is -2.15. The Balaban J connectivity index is 1.78. The number of aromatic nitrogens is 4. The highest BCUT2D eigenvalue weighted by Crippen LogP contribution is 2.26. The van der Waals surface area contributed by atoms with Crippen molar-refractivity contribution in [3.63, 3.8) is 0 Å². The molecule has 0 saturated heterocycles. The summed E-state index contributed by atoms with van der Waals surface area (Å²) in [6.45, 7) is 4.39. The number of H-pyrrole nitrogens is 1. The Morgan fingerprint density at radius 3 is 2.63 bits per heavy atom. The summed E-state index contributed by atoms with van der Waals surface area (Å²) in [7, 11) is 0. The second-order valence-electron chi connectivity index (χ2n) is 7.67. The van der Waals surface area contributed by atoms with Gasteiger partial charge >= 0.3 is 0 Å². The molecule has 2 aromatic heterocycles. The third kappa shape index (κ3) is 2.99. The van der Waals surface area contributed by atoms with Crippen LogP contribution in [0.2, 0.25) is 0 Å². The fourth-order valence-electron chi connectivity index (χ4n) is 3.84. The molecule has 1 atom stereocenters. The van der Waals surface area contributed by atoms with E-state index in [1.807, 2.05) is 54.6 Å². The number of rotatable bonds is 4. The quantitative estimate of drug-likeness (QED) is 0.441. The molecule has 1 unspecified atom stereocenters. The fourth-order valence-corrected chi connectivity index (χ4v) is 3.84. The molecule has 0 fully saturated rings. The maximum Gasteiger partial charge on any atom is 0.266 e. The average molecular weight is 394 g/mol. The maximum atomic E-state index is 13.5. The third-order valence-electron chi connectivity index (χ3n) is 5.81. The van der Waals surface area contributed by atoms with E-state index in [-0.39, 0.29) is 5.56 Å². The minimum Gasteiger partial charge on any atom is -0.278 e. The van der Waals surface area contributed by atoms with E-state index >= 15 is 0 Å². The van der Waals surface area contributed by atoms with Gasteiger partial charge in [0, 0.05) is 10.9 Å². The van der Waals surface area contributed by atoms with Gasteiger partial charge in [0.2, 0.25) is 0 Å². The monoisotopic (exact) mass is 394 g/mol. The molecule has 0 bridgehead atoms. The Morgan fingerprint density at radius 1 is 1.03 bits per heavy atom. The van der Waals surface area contributed by atoms with Crippen LogP contribution in [0.3, 0.4) is 0 Å². The van der Waals surface area contributed by atoms with Gasteiger partial charge in [0.05, 0.1) is 28.3 Å². The van der Waals surface area contributed by atoms with Gasteiger partial charge in [0.25, 0.3) is 5.56 Å². The minimum absolute atomic E-state index is 0.0702. The van der Waals surface area contributed by atoms with Crippen molar-refractivity contribution < 1.29 is 0 Å². The fraction of sp³-hybridized carbons (Fsp3) is 0.160. The smallest absolute Gasteiger partial charge is 0.266 e. The van der Waals surface area contributed by atoms with Gasteiger partial charge in [-0.3, -0.25) is 14.5 Å². The van der Waals surface area contributed by atoms with Crippen molar-refractivity contribution in [3.8, 4) is 17.1 Å². The van der Waals surface area contributed by atoms with E-state index in [1.165, 1.54) is 5.56 Å². The van der Waals surface area contributed by atoms with Crippen LogP contribution in [-0.2, 0) is 0 Å². The molecule has 5 nitrogen and oxygen atoms in total. The van der Waals surface area contributed by atoms with Crippen LogP contribution in [0, 0.1) is 0 Å². The highest BCUT2D eigenvalue weighted by atomic mass is 16.1. The predicted molar refractivity (Wildman–Crippen MR) is 121 cm³/mol. The van der Waals surface area contributed by atoms with Crippen LogP contribution in [0.1, 0.15) is 31.7 Å². The van der Waals surface area contributed by atoms with Crippen molar-refractivity contribution in [3.05, 3.63) is 88.8 Å². The van der Waals surface area contributed by atoms with Gasteiger partial charge in [-0.05, 0) is 60.4 Å². The van der Waals surface area contributed by atoms with E-state index in [9.17, 15) is 4.79 Å². The molecule has 5 rings (SSSR count). The Labute approximate surface area is 174 Å². The molecule has 2 heterocycles. The molecular formula is C25H22N4O. The zero-order chi connectivity index (χ0) is 20.7. The summed E-state index contributed by atoms with van der Waals surface area (Å²) in [5.74, 6) is 1.10. The summed E-state index contributed by atoms with van der Waals surface area (Å²) in [4.78, 5) is 18.4. The van der Waals surface area contributed by atoms with Crippen molar-refractivity contribution >= 4 is 21.8 Å². The standard InChI is InChI=1S/C25H22N4O/c1-3-16(2)17-8-11-20(12-9-17)29-24(18-10-13-22-19(14-18)15-26-28-22)27-23-7-5-4-6-21(23)25(29)30/h4-16H,3H2,1-2H3,(H,26,28). The predicted octanol–water partition coefficient (Wildman–Crippen LogP) is 5.44. The Hall–Kier alpha value is -3.73. The lowest BCUT2D eigenvalue weighted by molar-refractivity contribution is 0.733. The zero-order valence-corrected chi connectivity index (χ0v) is 17.0. The summed E-state index contributed by atoms with van der Waals surface area (Å²) in [5, 5.41) is 8.66. The Bertz CT molecular complexity index is 1410. The molecular weight excluding hydrogens is 372 g/mol. The summed E-state index contributed by atoms with van der Waals surface area (Å²) < 4.78 is 1.71. The van der Waals surface area contributed by atoms with E-state index in [2.05, 4.69) is 36.2 Å². The number of hydrogen-bond acceptors (Lipinski definition) is 3. The molecule has 5 aromatic rings. The third-order valence-corrected chi connectivity index (χ3v) is 5.81. The summed E-state index contributed by atoms with van der Waals surface area (Å²) in [6, 6.07) is 21.7. The van der Waals surface area contributed by atoms with Gasteiger partial charge in [-0.2, -0.15) is 5.10 Å². The molecule has 0 saturated carbocycles. The van der Waals surface area contributed by atoms with Crippen molar-refractivity contribution in [1.82, 2.24) is 19.7 Å². The van der Waals surface area contributed by atoms with Crippen LogP contribution in [0.15, 0.2) is 77.7 Å². The highest BCUT2D eigenvalue weighted by molar-refractivity contribution is 5.85. The van der Waals surface area contributed by atoms with Crippen LogP contribution in [0.25, 0.3) is 38.9 Å². The van der Waals surface area contributed by atoms with E-state index in [0.29, 0.717) is 22.6 Å². The van der Waals surface area contributed by atoms with Gasteiger partial charge in [0.15, 0.2) is 0 Å². The van der Waals surface area contributed by atoms with Crippen LogP contribution in [-0.4, -0.2) is 19.7 Å². The molecule has 0 radical (unpaired) electrons. The van der Waals surface area contributed by atoms with Crippen LogP contribution in [0.5, 0.6) is 0 Å². The van der Waals surface area contributed by atoms with E-state index in [1.54, 1.807) is 10.8 Å². The van der Waals surface area contributed by atoms with Crippen LogP contribution >= 0.6 is 0 Å². The van der Waals surface area contributed by atoms with Gasteiger partial charge in [-0.1, -0.05) is 38.1 Å². The van der Waals surface area contributed by atoms with Crippen LogP contribution in [0.4, 0.5) is 0 Å². The summed E-state index contributed by atoms with van der Waals surface area (Å²) in [6.07, 6.45) is 2.86. The molecule has 148 valence electrons. The molecule has 5 heteroatoms. The Morgan fingerprint density at radius 2 is 1.83 bits per heavy atom. The molecule has 0 aliphatic heterocycles. The maximum absolute atomic E-state index is 13.5. The lowest BCUT2D eigenvalue weighted by Crippen LogP contribution is -2.22. The SMILES string of the molecule is CCC(C)c1ccc(-n2c(-c3ccc4[nH]ncc4c3)nc3ccccc3c2=O)cc1. The average Bonchev–Trinajstić information content (AvgIpc) is 3.26. The number of aromatic amines is 1. The van der Waals surface area contributed by atoms with Crippen molar-refractivity contribution in [2.75, 3.05) is 0 Å².